The van der Waals surface area contributed by atoms with Crippen LogP contribution in [0, 0.1) is 13.8 Å². The average Bonchev–Trinajstić information content (AvgIpc) is 3.55. The highest BCUT2D eigenvalue weighted by Crippen LogP contribution is 2.33. The zero-order chi connectivity index (χ0) is 26.9. The molecule has 0 spiro atoms. The summed E-state index contributed by atoms with van der Waals surface area (Å²) in [6, 6.07) is 15.1. The van der Waals surface area contributed by atoms with Crippen molar-refractivity contribution in [1.82, 2.24) is 9.80 Å². The number of rotatable bonds is 12. The number of aryl methyl sites for hydroxylation is 2. The van der Waals surface area contributed by atoms with Crippen LogP contribution in [0.25, 0.3) is 0 Å². The molecular formula is C29H35N3O5S. The van der Waals surface area contributed by atoms with Crippen LogP contribution in [0.1, 0.15) is 34.9 Å². The minimum atomic E-state index is -0.306. The molecule has 38 heavy (non-hydrogen) atoms. The fourth-order valence-corrected chi connectivity index (χ4v) is 5.08. The molecule has 1 N–H and O–H groups in total. The smallest absolute Gasteiger partial charge is 0.322 e. The van der Waals surface area contributed by atoms with Crippen molar-refractivity contribution in [3.05, 3.63) is 75.5 Å². The number of urea groups is 1. The maximum Gasteiger partial charge on any atom is 0.322 e. The molecule has 8 nitrogen and oxygen atoms in total. The first-order valence-electron chi connectivity index (χ1n) is 12.8. The van der Waals surface area contributed by atoms with Gasteiger partial charge in [-0.3, -0.25) is 4.79 Å². The van der Waals surface area contributed by atoms with Crippen LogP contribution in [0.2, 0.25) is 0 Å². The Morgan fingerprint density at radius 3 is 2.58 bits per heavy atom. The van der Waals surface area contributed by atoms with Gasteiger partial charge in [-0.05, 0) is 73.5 Å². The summed E-state index contributed by atoms with van der Waals surface area (Å²) >= 11 is 1.63. The molecule has 2 aromatic carbocycles. The van der Waals surface area contributed by atoms with Gasteiger partial charge in [0, 0.05) is 36.9 Å². The zero-order valence-electron chi connectivity index (χ0n) is 22.2. The number of hydrogen-bond donors (Lipinski definition) is 1. The summed E-state index contributed by atoms with van der Waals surface area (Å²) in [6.07, 6.45) is 0.633. The van der Waals surface area contributed by atoms with Crippen molar-refractivity contribution in [2.45, 2.75) is 40.3 Å². The summed E-state index contributed by atoms with van der Waals surface area (Å²) < 4.78 is 16.4. The standard InChI is InChI=1S/C29H35N3O5S/c1-4-35-14-7-13-31(29(34)30-24-9-6-5-8-21(24)2)19-28(33)32(18-27-22(3)12-15-38-27)17-23-10-11-25-26(16-23)37-20-36-25/h5-6,8-12,15-16H,4,7,13-14,17-20H2,1-3H3,(H,30,34). The molecule has 0 bridgehead atoms. The Balaban J connectivity index is 1.52. The van der Waals surface area contributed by atoms with E-state index in [1.807, 2.05) is 68.6 Å². The van der Waals surface area contributed by atoms with Crippen LogP contribution in [-0.2, 0) is 22.6 Å². The molecule has 4 rings (SSSR count). The Morgan fingerprint density at radius 2 is 1.82 bits per heavy atom. The highest BCUT2D eigenvalue weighted by atomic mass is 32.1. The first-order valence-corrected chi connectivity index (χ1v) is 13.7. The lowest BCUT2D eigenvalue weighted by atomic mass is 10.1. The van der Waals surface area contributed by atoms with Gasteiger partial charge in [0.1, 0.15) is 6.54 Å². The van der Waals surface area contributed by atoms with Crippen molar-refractivity contribution < 1.29 is 23.8 Å². The summed E-state index contributed by atoms with van der Waals surface area (Å²) in [5.41, 5.74) is 3.76. The van der Waals surface area contributed by atoms with Gasteiger partial charge in [0.05, 0.1) is 6.54 Å². The van der Waals surface area contributed by atoms with Gasteiger partial charge in [-0.25, -0.2) is 4.79 Å². The van der Waals surface area contributed by atoms with Crippen molar-refractivity contribution in [3.63, 3.8) is 0 Å². The van der Waals surface area contributed by atoms with E-state index >= 15 is 0 Å². The quantitative estimate of drug-likeness (QED) is 0.305. The summed E-state index contributed by atoms with van der Waals surface area (Å²) in [5.74, 6) is 1.25. The number of benzene rings is 2. The molecule has 1 aromatic heterocycles. The van der Waals surface area contributed by atoms with E-state index in [1.165, 1.54) is 0 Å². The highest BCUT2D eigenvalue weighted by Gasteiger charge is 2.24. The van der Waals surface area contributed by atoms with Gasteiger partial charge in [-0.1, -0.05) is 24.3 Å². The highest BCUT2D eigenvalue weighted by molar-refractivity contribution is 7.10. The molecule has 1 aliphatic rings. The molecule has 3 amide bonds. The second-order valence-electron chi connectivity index (χ2n) is 9.18. The average molecular weight is 538 g/mol. The molecule has 2 heterocycles. The number of carbonyl (C=O) groups excluding carboxylic acids is 2. The lowest BCUT2D eigenvalue weighted by molar-refractivity contribution is -0.133. The largest absolute Gasteiger partial charge is 0.454 e. The Kier molecular flexibility index (Phi) is 9.62. The minimum absolute atomic E-state index is 0.0428. The van der Waals surface area contributed by atoms with Gasteiger partial charge >= 0.3 is 6.03 Å². The molecule has 0 aliphatic carbocycles. The summed E-state index contributed by atoms with van der Waals surface area (Å²) in [6.45, 7) is 8.46. The molecule has 202 valence electrons. The molecule has 1 aliphatic heterocycles. The number of fused-ring (bicyclic) bond motifs is 1. The molecule has 0 saturated heterocycles. The number of nitrogens with one attached hydrogen (secondary N) is 1. The van der Waals surface area contributed by atoms with Crippen molar-refractivity contribution in [2.75, 3.05) is 38.4 Å². The van der Waals surface area contributed by atoms with Gasteiger partial charge in [0.2, 0.25) is 12.7 Å². The molecule has 9 heteroatoms. The predicted octanol–water partition coefficient (Wildman–Crippen LogP) is 5.58. The van der Waals surface area contributed by atoms with Crippen molar-refractivity contribution in [1.29, 1.82) is 0 Å². The molecule has 3 aromatic rings. The third-order valence-corrected chi connectivity index (χ3v) is 7.39. The van der Waals surface area contributed by atoms with Gasteiger partial charge in [0.15, 0.2) is 11.5 Å². The van der Waals surface area contributed by atoms with E-state index in [4.69, 9.17) is 14.2 Å². The van der Waals surface area contributed by atoms with Crippen LogP contribution in [-0.4, -0.2) is 54.8 Å². The normalized spacial score (nSPS) is 11.9. The van der Waals surface area contributed by atoms with Crippen molar-refractivity contribution >= 4 is 29.0 Å². The number of amides is 3. The lowest BCUT2D eigenvalue weighted by Crippen LogP contribution is -2.44. The number of nitrogens with zero attached hydrogens (tertiary/aromatic N) is 2. The lowest BCUT2D eigenvalue weighted by Gasteiger charge is -2.28. The molecule has 0 unspecified atom stereocenters. The minimum Gasteiger partial charge on any atom is -0.454 e. The van der Waals surface area contributed by atoms with Crippen LogP contribution in [0.3, 0.4) is 0 Å². The molecular weight excluding hydrogens is 502 g/mol. The fraction of sp³-hybridized carbons (Fsp3) is 0.379. The third kappa shape index (κ3) is 7.26. The van der Waals surface area contributed by atoms with E-state index in [2.05, 4.69) is 11.4 Å². The van der Waals surface area contributed by atoms with E-state index in [9.17, 15) is 9.59 Å². The monoisotopic (exact) mass is 537 g/mol. The topological polar surface area (TPSA) is 80.3 Å². The maximum atomic E-state index is 13.8. The second kappa shape index (κ2) is 13.3. The number of ether oxygens (including phenoxy) is 3. The van der Waals surface area contributed by atoms with E-state index in [0.717, 1.165) is 27.3 Å². The predicted molar refractivity (Wildman–Crippen MR) is 149 cm³/mol. The summed E-state index contributed by atoms with van der Waals surface area (Å²) in [7, 11) is 0. The van der Waals surface area contributed by atoms with Crippen LogP contribution < -0.4 is 14.8 Å². The van der Waals surface area contributed by atoms with Crippen molar-refractivity contribution in [3.8, 4) is 11.5 Å². The van der Waals surface area contributed by atoms with Gasteiger partial charge < -0.3 is 29.3 Å². The number of hydrogen-bond acceptors (Lipinski definition) is 6. The Morgan fingerprint density at radius 1 is 1.00 bits per heavy atom. The molecule has 0 fully saturated rings. The molecule has 0 atom stereocenters. The molecule has 0 radical (unpaired) electrons. The summed E-state index contributed by atoms with van der Waals surface area (Å²) in [5, 5.41) is 5.01. The number of anilines is 1. The zero-order valence-corrected chi connectivity index (χ0v) is 23.0. The Labute approximate surface area is 228 Å². The van der Waals surface area contributed by atoms with Crippen molar-refractivity contribution in [2.24, 2.45) is 0 Å². The number of para-hydroxylation sites is 1. The maximum absolute atomic E-state index is 13.8. The van der Waals surface area contributed by atoms with Crippen LogP contribution in [0.15, 0.2) is 53.9 Å². The van der Waals surface area contributed by atoms with E-state index in [-0.39, 0.29) is 25.3 Å². The number of thiophene rings is 1. The SMILES string of the molecule is CCOCCCN(CC(=O)N(Cc1ccc2c(c1)OCO2)Cc1sccc1C)C(=O)Nc1ccccc1C. The van der Waals surface area contributed by atoms with Crippen LogP contribution in [0.4, 0.5) is 10.5 Å². The third-order valence-electron chi connectivity index (χ3n) is 6.39. The van der Waals surface area contributed by atoms with Gasteiger partial charge in [0.25, 0.3) is 0 Å². The number of carbonyl (C=O) groups is 2. The van der Waals surface area contributed by atoms with E-state index < -0.39 is 0 Å². The van der Waals surface area contributed by atoms with Gasteiger partial charge in [-0.2, -0.15) is 0 Å². The van der Waals surface area contributed by atoms with Crippen LogP contribution in [0.5, 0.6) is 11.5 Å². The van der Waals surface area contributed by atoms with E-state index in [1.54, 1.807) is 21.1 Å². The first kappa shape index (κ1) is 27.5. The van der Waals surface area contributed by atoms with E-state index in [0.29, 0.717) is 50.8 Å². The summed E-state index contributed by atoms with van der Waals surface area (Å²) in [4.78, 5) is 31.6. The van der Waals surface area contributed by atoms with Crippen LogP contribution >= 0.6 is 11.3 Å². The fourth-order valence-electron chi connectivity index (χ4n) is 4.16. The van der Waals surface area contributed by atoms with Gasteiger partial charge in [-0.15, -0.1) is 11.3 Å². The molecule has 0 saturated carbocycles. The Bertz CT molecular complexity index is 1240. The second-order valence-corrected chi connectivity index (χ2v) is 10.2. The first-order chi connectivity index (χ1) is 18.4. The Hall–Kier alpha value is -3.56.